The van der Waals surface area contributed by atoms with Crippen LogP contribution in [0.5, 0.6) is 5.75 Å². The molecule has 1 fully saturated rings. The van der Waals surface area contributed by atoms with E-state index in [9.17, 15) is 4.79 Å². The molecule has 0 bridgehead atoms. The Morgan fingerprint density at radius 2 is 2.10 bits per heavy atom. The van der Waals surface area contributed by atoms with Gasteiger partial charge in [0.05, 0.1) is 7.11 Å². The predicted molar refractivity (Wildman–Crippen MR) is 116 cm³/mol. The minimum Gasteiger partial charge on any atom is -0.497 e. The van der Waals surface area contributed by atoms with Crippen molar-refractivity contribution in [2.24, 2.45) is 0 Å². The number of piperidine rings is 1. The first-order valence-corrected chi connectivity index (χ1v) is 10.6. The molecule has 1 aliphatic rings. The number of hydrogen-bond donors (Lipinski definition) is 0. The number of methoxy groups -OCH3 is 1. The number of rotatable bonds is 6. The van der Waals surface area contributed by atoms with Gasteiger partial charge in [-0.2, -0.15) is 5.10 Å². The molecular formula is C24H28N4O2. The molecule has 3 heterocycles. The van der Waals surface area contributed by atoms with Crippen LogP contribution >= 0.6 is 0 Å². The molecule has 0 saturated carbocycles. The third-order valence-corrected chi connectivity index (χ3v) is 5.70. The van der Waals surface area contributed by atoms with Crippen LogP contribution in [0.4, 0.5) is 0 Å². The molecule has 0 aliphatic carbocycles. The van der Waals surface area contributed by atoms with Gasteiger partial charge in [-0.25, -0.2) is 0 Å². The van der Waals surface area contributed by atoms with E-state index >= 15 is 0 Å². The van der Waals surface area contributed by atoms with E-state index in [2.05, 4.69) is 29.4 Å². The molecule has 2 aromatic heterocycles. The second kappa shape index (κ2) is 9.11. The smallest absolute Gasteiger partial charge is 0.274 e. The minimum atomic E-state index is 0.0153. The average molecular weight is 405 g/mol. The van der Waals surface area contributed by atoms with Crippen molar-refractivity contribution in [3.8, 4) is 5.75 Å². The summed E-state index contributed by atoms with van der Waals surface area (Å²) >= 11 is 0. The summed E-state index contributed by atoms with van der Waals surface area (Å²) in [5.41, 5.74) is 3.95. The Morgan fingerprint density at radius 1 is 1.20 bits per heavy atom. The first-order chi connectivity index (χ1) is 14.7. The maximum atomic E-state index is 12.8. The van der Waals surface area contributed by atoms with E-state index < -0.39 is 0 Å². The van der Waals surface area contributed by atoms with Crippen molar-refractivity contribution in [3.63, 3.8) is 0 Å². The van der Waals surface area contributed by atoms with E-state index in [0.717, 1.165) is 43.8 Å². The highest BCUT2D eigenvalue weighted by Gasteiger charge is 2.27. The molecule has 1 saturated heterocycles. The molecule has 1 aliphatic heterocycles. The Kier molecular flexibility index (Phi) is 6.12. The summed E-state index contributed by atoms with van der Waals surface area (Å²) < 4.78 is 7.10. The number of nitrogens with zero attached hydrogens (tertiary/aromatic N) is 4. The van der Waals surface area contributed by atoms with Crippen LogP contribution in [0.2, 0.25) is 0 Å². The molecule has 30 heavy (non-hydrogen) atoms. The summed E-state index contributed by atoms with van der Waals surface area (Å²) in [6, 6.07) is 14.2. The Hall–Kier alpha value is -3.15. The summed E-state index contributed by atoms with van der Waals surface area (Å²) in [5.74, 6) is 1.15. The number of carbonyl (C=O) groups excluding carboxylic acids is 1. The molecule has 156 valence electrons. The molecule has 1 aromatic carbocycles. The minimum absolute atomic E-state index is 0.0153. The number of benzene rings is 1. The zero-order chi connectivity index (χ0) is 20.9. The van der Waals surface area contributed by atoms with Crippen LogP contribution in [0.25, 0.3) is 0 Å². The van der Waals surface area contributed by atoms with Gasteiger partial charge in [-0.15, -0.1) is 0 Å². The van der Waals surface area contributed by atoms with Crippen LogP contribution in [0, 0.1) is 0 Å². The Morgan fingerprint density at radius 3 is 2.83 bits per heavy atom. The van der Waals surface area contributed by atoms with Crippen molar-refractivity contribution < 1.29 is 9.53 Å². The number of ether oxygens (including phenoxy) is 1. The fourth-order valence-corrected chi connectivity index (χ4v) is 4.02. The fraction of sp³-hybridized carbons (Fsp3) is 0.375. The van der Waals surface area contributed by atoms with Gasteiger partial charge in [0.2, 0.25) is 0 Å². The average Bonchev–Trinajstić information content (AvgIpc) is 3.29. The number of pyridine rings is 1. The van der Waals surface area contributed by atoms with Crippen LogP contribution in [0.3, 0.4) is 0 Å². The molecule has 0 spiro atoms. The van der Waals surface area contributed by atoms with E-state index in [1.807, 2.05) is 36.4 Å². The van der Waals surface area contributed by atoms with Crippen LogP contribution in [-0.4, -0.2) is 45.8 Å². The molecule has 1 atom stereocenters. The van der Waals surface area contributed by atoms with Crippen LogP contribution in [0.1, 0.15) is 53.0 Å². The zero-order valence-corrected chi connectivity index (χ0v) is 17.6. The SMILES string of the molecule is CCn1ccc(C(=O)N2CCCC(c3ccc(Cc4cccc(OC)c4)cn3)C2)n1. The molecule has 6 heteroatoms. The van der Waals surface area contributed by atoms with E-state index in [-0.39, 0.29) is 11.8 Å². The summed E-state index contributed by atoms with van der Waals surface area (Å²) in [6.45, 7) is 4.26. The Bertz CT molecular complexity index is 996. The van der Waals surface area contributed by atoms with Crippen molar-refractivity contribution >= 4 is 5.91 Å². The van der Waals surface area contributed by atoms with Gasteiger partial charge in [-0.1, -0.05) is 18.2 Å². The number of carbonyl (C=O) groups is 1. The summed E-state index contributed by atoms with van der Waals surface area (Å²) in [7, 11) is 1.68. The maximum absolute atomic E-state index is 12.8. The van der Waals surface area contributed by atoms with Crippen LogP contribution in [-0.2, 0) is 13.0 Å². The topological polar surface area (TPSA) is 60.2 Å². The number of likely N-dealkylation sites (tertiary alicyclic amines) is 1. The van der Waals surface area contributed by atoms with Gasteiger partial charge in [0.1, 0.15) is 11.4 Å². The van der Waals surface area contributed by atoms with E-state index in [1.54, 1.807) is 17.9 Å². The van der Waals surface area contributed by atoms with E-state index in [0.29, 0.717) is 12.2 Å². The molecule has 0 N–H and O–H groups in total. The zero-order valence-electron chi connectivity index (χ0n) is 17.6. The lowest BCUT2D eigenvalue weighted by Crippen LogP contribution is -2.39. The van der Waals surface area contributed by atoms with Gasteiger partial charge in [-0.3, -0.25) is 14.5 Å². The Balaban J connectivity index is 1.41. The quantitative estimate of drug-likeness (QED) is 0.625. The number of hydrogen-bond acceptors (Lipinski definition) is 4. The molecule has 1 amide bonds. The van der Waals surface area contributed by atoms with E-state index in [1.165, 1.54) is 11.1 Å². The highest BCUT2D eigenvalue weighted by atomic mass is 16.5. The number of amides is 1. The van der Waals surface area contributed by atoms with Gasteiger partial charge < -0.3 is 9.64 Å². The largest absolute Gasteiger partial charge is 0.497 e. The third-order valence-electron chi connectivity index (χ3n) is 5.70. The van der Waals surface area contributed by atoms with Crippen molar-refractivity contribution in [2.75, 3.05) is 20.2 Å². The Labute approximate surface area is 177 Å². The van der Waals surface area contributed by atoms with Gasteiger partial charge >= 0.3 is 0 Å². The summed E-state index contributed by atoms with van der Waals surface area (Å²) in [5, 5.41) is 4.37. The number of aryl methyl sites for hydroxylation is 1. The highest BCUT2D eigenvalue weighted by molar-refractivity contribution is 5.92. The molecule has 0 radical (unpaired) electrons. The summed E-state index contributed by atoms with van der Waals surface area (Å²) in [4.78, 5) is 19.5. The second-order valence-electron chi connectivity index (χ2n) is 7.77. The standard InChI is InChI=1S/C24H28N4O2/c1-3-28-13-11-23(26-28)24(29)27-12-5-7-20(17-27)22-10-9-19(16-25-22)14-18-6-4-8-21(15-18)30-2/h4,6,8-11,13,15-16,20H,3,5,7,12,14,17H2,1-2H3. The maximum Gasteiger partial charge on any atom is 0.274 e. The lowest BCUT2D eigenvalue weighted by Gasteiger charge is -2.32. The molecule has 1 unspecified atom stereocenters. The molecule has 6 nitrogen and oxygen atoms in total. The third kappa shape index (κ3) is 4.53. The first kappa shape index (κ1) is 20.1. The lowest BCUT2D eigenvalue weighted by atomic mass is 9.93. The van der Waals surface area contributed by atoms with Crippen molar-refractivity contribution in [1.29, 1.82) is 0 Å². The van der Waals surface area contributed by atoms with E-state index in [4.69, 9.17) is 9.72 Å². The van der Waals surface area contributed by atoms with Crippen molar-refractivity contribution in [1.82, 2.24) is 19.7 Å². The molecular weight excluding hydrogens is 376 g/mol. The molecule has 4 rings (SSSR count). The lowest BCUT2D eigenvalue weighted by molar-refractivity contribution is 0.0699. The van der Waals surface area contributed by atoms with Gasteiger partial charge in [0.15, 0.2) is 0 Å². The fourth-order valence-electron chi connectivity index (χ4n) is 4.02. The second-order valence-corrected chi connectivity index (χ2v) is 7.77. The summed E-state index contributed by atoms with van der Waals surface area (Å²) in [6.07, 6.45) is 6.67. The first-order valence-electron chi connectivity index (χ1n) is 10.6. The van der Waals surface area contributed by atoms with Gasteiger partial charge in [0, 0.05) is 43.6 Å². The molecule has 3 aromatic rings. The van der Waals surface area contributed by atoms with Crippen LogP contribution in [0.15, 0.2) is 54.9 Å². The normalized spacial score (nSPS) is 16.5. The number of aromatic nitrogens is 3. The predicted octanol–water partition coefficient (Wildman–Crippen LogP) is 3.92. The van der Waals surface area contributed by atoms with Crippen LogP contribution < -0.4 is 4.74 Å². The van der Waals surface area contributed by atoms with Crippen molar-refractivity contribution in [3.05, 3.63) is 77.4 Å². The van der Waals surface area contributed by atoms with Gasteiger partial charge in [0.25, 0.3) is 5.91 Å². The van der Waals surface area contributed by atoms with Crippen molar-refractivity contribution in [2.45, 2.75) is 38.6 Å². The monoisotopic (exact) mass is 404 g/mol. The van der Waals surface area contributed by atoms with Gasteiger partial charge in [-0.05, 0) is 61.6 Å². The highest BCUT2D eigenvalue weighted by Crippen LogP contribution is 2.27.